The van der Waals surface area contributed by atoms with Crippen molar-refractivity contribution in [2.75, 3.05) is 5.32 Å². The topological polar surface area (TPSA) is 59.1 Å². The van der Waals surface area contributed by atoms with Crippen LogP contribution in [-0.4, -0.2) is 10.9 Å². The maximum atomic E-state index is 12.5. The number of fused-ring (bicyclic) bond motifs is 1. The Morgan fingerprint density at radius 2 is 1.76 bits per heavy atom. The van der Waals surface area contributed by atoms with E-state index in [-0.39, 0.29) is 10.6 Å². The van der Waals surface area contributed by atoms with Gasteiger partial charge in [-0.05, 0) is 17.5 Å². The molecule has 4 nitrogen and oxygen atoms in total. The van der Waals surface area contributed by atoms with Crippen LogP contribution in [0.5, 0.6) is 0 Å². The number of thiazole rings is 1. The van der Waals surface area contributed by atoms with Gasteiger partial charge in [0, 0.05) is 16.3 Å². The summed E-state index contributed by atoms with van der Waals surface area (Å²) in [4.78, 5) is 29.5. The molecule has 122 valence electrons. The van der Waals surface area contributed by atoms with Gasteiger partial charge in [-0.25, -0.2) is 4.98 Å². The van der Waals surface area contributed by atoms with E-state index >= 15 is 0 Å². The minimum atomic E-state index is -0.318. The molecule has 0 unspecified atom stereocenters. The van der Waals surface area contributed by atoms with Crippen molar-refractivity contribution in [1.82, 2.24) is 4.98 Å². The molecule has 0 bridgehead atoms. The number of benzene rings is 2. The van der Waals surface area contributed by atoms with Crippen molar-refractivity contribution in [2.45, 2.75) is 0 Å². The van der Waals surface area contributed by atoms with E-state index < -0.39 is 0 Å². The van der Waals surface area contributed by atoms with Crippen molar-refractivity contribution < 1.29 is 4.79 Å². The molecule has 0 aliphatic rings. The van der Waals surface area contributed by atoms with E-state index in [9.17, 15) is 9.59 Å². The molecule has 0 fully saturated rings. The Kier molecular flexibility index (Phi) is 4.13. The number of carbonyl (C=O) groups excluding carboxylic acids is 1. The maximum absolute atomic E-state index is 12.5. The molecule has 2 aromatic carbocycles. The molecule has 4 rings (SSSR count). The lowest BCUT2D eigenvalue weighted by molar-refractivity contribution is 0.103. The van der Waals surface area contributed by atoms with Crippen LogP contribution in [0.3, 0.4) is 0 Å². The minimum Gasteiger partial charge on any atom is -0.297 e. The van der Waals surface area contributed by atoms with Gasteiger partial charge in [-0.3, -0.25) is 14.9 Å². The number of hydrogen-bond donors (Lipinski definition) is 1. The standard InChI is InChI=1S/C19H12N2O2S2/c22-17(16-10-13-8-4-5-9-14(13)18(23)25-16)21-19-20-15(11-24-19)12-6-2-1-3-7-12/h1-11H,(H,20,21,22). The van der Waals surface area contributed by atoms with Crippen LogP contribution in [0.1, 0.15) is 9.67 Å². The lowest BCUT2D eigenvalue weighted by Crippen LogP contribution is -2.12. The summed E-state index contributed by atoms with van der Waals surface area (Å²) in [6, 6.07) is 18.8. The molecule has 0 radical (unpaired) electrons. The molecule has 6 heteroatoms. The molecule has 0 aliphatic heterocycles. The lowest BCUT2D eigenvalue weighted by atomic mass is 10.2. The van der Waals surface area contributed by atoms with Crippen molar-refractivity contribution in [3.8, 4) is 11.3 Å². The van der Waals surface area contributed by atoms with Crippen LogP contribution in [0.2, 0.25) is 0 Å². The first-order valence-corrected chi connectivity index (χ1v) is 9.25. The number of hydrogen-bond acceptors (Lipinski definition) is 5. The maximum Gasteiger partial charge on any atom is 0.267 e. The second-order valence-electron chi connectivity index (χ2n) is 5.34. The molecule has 2 aromatic heterocycles. The Morgan fingerprint density at radius 3 is 2.60 bits per heavy atom. The Balaban J connectivity index is 1.61. The quantitative estimate of drug-likeness (QED) is 0.576. The molecule has 25 heavy (non-hydrogen) atoms. The molecule has 0 aliphatic carbocycles. The fraction of sp³-hybridized carbons (Fsp3) is 0. The largest absolute Gasteiger partial charge is 0.297 e. The van der Waals surface area contributed by atoms with Crippen LogP contribution >= 0.6 is 22.7 Å². The normalized spacial score (nSPS) is 10.7. The van der Waals surface area contributed by atoms with E-state index in [2.05, 4.69) is 10.3 Å². The highest BCUT2D eigenvalue weighted by molar-refractivity contribution is 7.14. The third-order valence-corrected chi connectivity index (χ3v) is 5.37. The van der Waals surface area contributed by atoms with Crippen molar-refractivity contribution in [3.63, 3.8) is 0 Å². The number of rotatable bonds is 3. The molecule has 4 aromatic rings. The fourth-order valence-electron chi connectivity index (χ4n) is 2.48. The van der Waals surface area contributed by atoms with Crippen LogP contribution in [0.4, 0.5) is 5.13 Å². The predicted molar refractivity (Wildman–Crippen MR) is 104 cm³/mol. The average Bonchev–Trinajstić information content (AvgIpc) is 3.11. The first-order chi connectivity index (χ1) is 12.2. The summed E-state index contributed by atoms with van der Waals surface area (Å²) in [7, 11) is 0. The summed E-state index contributed by atoms with van der Waals surface area (Å²) >= 11 is 2.31. The first kappa shape index (κ1) is 15.7. The number of amides is 1. The van der Waals surface area contributed by atoms with Gasteiger partial charge in [0.2, 0.25) is 4.74 Å². The molecule has 0 atom stereocenters. The van der Waals surface area contributed by atoms with Gasteiger partial charge >= 0.3 is 0 Å². The van der Waals surface area contributed by atoms with Crippen molar-refractivity contribution in [3.05, 3.63) is 80.5 Å². The number of aromatic nitrogens is 1. The van der Waals surface area contributed by atoms with Gasteiger partial charge in [-0.1, -0.05) is 59.9 Å². The van der Waals surface area contributed by atoms with Gasteiger partial charge in [0.1, 0.15) is 0 Å². The van der Waals surface area contributed by atoms with Crippen LogP contribution in [0, 0.1) is 0 Å². The number of anilines is 1. The monoisotopic (exact) mass is 364 g/mol. The zero-order chi connectivity index (χ0) is 17.2. The summed E-state index contributed by atoms with van der Waals surface area (Å²) in [6.07, 6.45) is 0. The molecular formula is C19H12N2O2S2. The molecular weight excluding hydrogens is 352 g/mol. The van der Waals surface area contributed by atoms with Gasteiger partial charge in [-0.2, -0.15) is 0 Å². The van der Waals surface area contributed by atoms with Crippen LogP contribution in [0.25, 0.3) is 22.0 Å². The summed E-state index contributed by atoms with van der Waals surface area (Å²) < 4.78 is -0.118. The molecule has 2 heterocycles. The Bertz CT molecular complexity index is 1120. The summed E-state index contributed by atoms with van der Waals surface area (Å²) in [5.74, 6) is -0.318. The van der Waals surface area contributed by atoms with Crippen LogP contribution in [-0.2, 0) is 0 Å². The molecule has 0 saturated heterocycles. The average molecular weight is 364 g/mol. The van der Waals surface area contributed by atoms with Crippen molar-refractivity contribution in [1.29, 1.82) is 0 Å². The third kappa shape index (κ3) is 3.22. The Hall–Kier alpha value is -2.83. The van der Waals surface area contributed by atoms with E-state index in [4.69, 9.17) is 0 Å². The zero-order valence-corrected chi connectivity index (χ0v) is 14.6. The predicted octanol–water partition coefficient (Wildman–Crippen LogP) is 4.64. The van der Waals surface area contributed by atoms with Gasteiger partial charge < -0.3 is 0 Å². The highest BCUT2D eigenvalue weighted by Gasteiger charge is 2.13. The highest BCUT2D eigenvalue weighted by atomic mass is 32.1. The SMILES string of the molecule is O=C(Nc1nc(-c2ccccc2)cs1)c1cc2ccccc2c(=O)s1. The summed E-state index contributed by atoms with van der Waals surface area (Å²) in [5, 5.41) is 6.58. The molecule has 1 amide bonds. The number of nitrogens with zero attached hydrogens (tertiary/aromatic N) is 1. The van der Waals surface area contributed by atoms with Gasteiger partial charge in [0.15, 0.2) is 5.13 Å². The molecule has 0 saturated carbocycles. The van der Waals surface area contributed by atoms with Gasteiger partial charge in [0.25, 0.3) is 5.91 Å². The van der Waals surface area contributed by atoms with E-state index in [0.717, 1.165) is 28.0 Å². The summed E-state index contributed by atoms with van der Waals surface area (Å²) in [5.41, 5.74) is 1.81. The van der Waals surface area contributed by atoms with E-state index in [1.165, 1.54) is 11.3 Å². The van der Waals surface area contributed by atoms with Gasteiger partial charge in [0.05, 0.1) is 10.6 Å². The van der Waals surface area contributed by atoms with E-state index in [1.54, 1.807) is 12.1 Å². The van der Waals surface area contributed by atoms with E-state index in [1.807, 2.05) is 53.9 Å². The third-order valence-electron chi connectivity index (χ3n) is 3.69. The van der Waals surface area contributed by atoms with Crippen molar-refractivity contribution >= 4 is 44.5 Å². The van der Waals surface area contributed by atoms with Crippen LogP contribution in [0.15, 0.2) is 70.8 Å². The second-order valence-corrected chi connectivity index (χ2v) is 7.22. The zero-order valence-electron chi connectivity index (χ0n) is 12.9. The molecule has 1 N–H and O–H groups in total. The van der Waals surface area contributed by atoms with Gasteiger partial charge in [-0.15, -0.1) is 11.3 Å². The fourth-order valence-corrected chi connectivity index (χ4v) is 4.02. The number of nitrogens with one attached hydrogen (secondary N) is 1. The van der Waals surface area contributed by atoms with Crippen molar-refractivity contribution in [2.24, 2.45) is 0 Å². The second kappa shape index (κ2) is 6.58. The highest BCUT2D eigenvalue weighted by Crippen LogP contribution is 2.25. The van der Waals surface area contributed by atoms with E-state index in [0.29, 0.717) is 15.4 Å². The lowest BCUT2D eigenvalue weighted by Gasteiger charge is -2.02. The van der Waals surface area contributed by atoms with Crippen LogP contribution < -0.4 is 10.1 Å². The first-order valence-electron chi connectivity index (χ1n) is 7.56. The Labute approximate surface area is 151 Å². The summed E-state index contributed by atoms with van der Waals surface area (Å²) in [6.45, 7) is 0. The Morgan fingerprint density at radius 1 is 1.00 bits per heavy atom. The number of carbonyl (C=O) groups is 1. The smallest absolute Gasteiger partial charge is 0.267 e. The molecule has 0 spiro atoms. The minimum absolute atomic E-state index is 0.118.